The number of aliphatic hydroxyl groups excluding tert-OH is 2. The molecular formula is C19H29FO3. The zero-order chi connectivity index (χ0) is 16.6. The molecule has 0 bridgehead atoms. The molecule has 0 amide bonds. The molecule has 4 fully saturated rings. The van der Waals surface area contributed by atoms with E-state index in [4.69, 9.17) is 0 Å². The van der Waals surface area contributed by atoms with E-state index in [1.165, 1.54) is 0 Å². The minimum Gasteiger partial charge on any atom is -0.393 e. The highest BCUT2D eigenvalue weighted by molar-refractivity contribution is 5.87. The lowest BCUT2D eigenvalue weighted by Gasteiger charge is -2.62. The van der Waals surface area contributed by atoms with Crippen LogP contribution in [-0.2, 0) is 4.79 Å². The summed E-state index contributed by atoms with van der Waals surface area (Å²) >= 11 is 0. The highest BCUT2D eigenvalue weighted by Gasteiger charge is 2.64. The van der Waals surface area contributed by atoms with Gasteiger partial charge in [0.05, 0.1) is 12.2 Å². The van der Waals surface area contributed by atoms with Gasteiger partial charge in [-0.1, -0.05) is 13.8 Å². The molecule has 9 atom stereocenters. The lowest BCUT2D eigenvalue weighted by molar-refractivity contribution is -0.200. The fourth-order valence-corrected chi connectivity index (χ4v) is 7.15. The molecule has 0 aromatic heterocycles. The zero-order valence-electron chi connectivity index (χ0n) is 14.2. The fourth-order valence-electron chi connectivity index (χ4n) is 7.15. The molecule has 0 aliphatic heterocycles. The first-order chi connectivity index (χ1) is 10.8. The number of hydrogen-bond donors (Lipinski definition) is 2. The number of Topliss-reactive ketones (excluding diaryl/α,β-unsaturated/α-hetero) is 1. The Kier molecular flexibility index (Phi) is 3.49. The van der Waals surface area contributed by atoms with Crippen molar-refractivity contribution in [2.75, 3.05) is 0 Å². The maximum atomic E-state index is 13.9. The first kappa shape index (κ1) is 16.0. The van der Waals surface area contributed by atoms with Crippen molar-refractivity contribution in [1.82, 2.24) is 0 Å². The number of hydrogen-bond acceptors (Lipinski definition) is 3. The average Bonchev–Trinajstić information content (AvgIpc) is 2.76. The predicted octanol–water partition coefficient (Wildman–Crippen LogP) is 2.88. The van der Waals surface area contributed by atoms with Gasteiger partial charge in [0.1, 0.15) is 12.0 Å². The minimum absolute atomic E-state index is 0.0522. The van der Waals surface area contributed by atoms with E-state index in [0.717, 1.165) is 12.8 Å². The highest BCUT2D eigenvalue weighted by atomic mass is 19.1. The number of halogens is 1. The van der Waals surface area contributed by atoms with Crippen molar-refractivity contribution >= 4 is 5.78 Å². The van der Waals surface area contributed by atoms with E-state index < -0.39 is 23.8 Å². The Hall–Kier alpha value is -0.480. The van der Waals surface area contributed by atoms with Gasteiger partial charge in [-0.05, 0) is 67.6 Å². The van der Waals surface area contributed by atoms with Crippen LogP contribution in [0.2, 0.25) is 0 Å². The molecule has 0 heterocycles. The van der Waals surface area contributed by atoms with Gasteiger partial charge in [0.15, 0.2) is 0 Å². The number of aliphatic hydroxyl groups is 2. The Bertz CT molecular complexity index is 523. The maximum Gasteiger partial charge on any atom is 0.139 e. The lowest BCUT2D eigenvalue weighted by Crippen LogP contribution is -2.62. The van der Waals surface area contributed by atoms with Crippen LogP contribution in [0.25, 0.3) is 0 Å². The summed E-state index contributed by atoms with van der Waals surface area (Å²) in [5.41, 5.74) is -0.613. The summed E-state index contributed by atoms with van der Waals surface area (Å²) < 4.78 is 13.9. The summed E-state index contributed by atoms with van der Waals surface area (Å²) in [6.07, 6.45) is 2.57. The van der Waals surface area contributed by atoms with Crippen LogP contribution >= 0.6 is 0 Å². The summed E-state index contributed by atoms with van der Waals surface area (Å²) in [4.78, 5) is 12.4. The topological polar surface area (TPSA) is 57.5 Å². The van der Waals surface area contributed by atoms with Crippen molar-refractivity contribution in [2.45, 2.75) is 77.2 Å². The number of fused-ring (bicyclic) bond motifs is 5. The molecule has 0 radical (unpaired) electrons. The molecule has 4 aliphatic rings. The average molecular weight is 324 g/mol. The maximum absolute atomic E-state index is 13.9. The van der Waals surface area contributed by atoms with Crippen molar-refractivity contribution in [3.05, 3.63) is 0 Å². The van der Waals surface area contributed by atoms with E-state index in [2.05, 4.69) is 6.92 Å². The number of ketones is 1. The van der Waals surface area contributed by atoms with Crippen LogP contribution in [0.4, 0.5) is 4.39 Å². The van der Waals surface area contributed by atoms with Gasteiger partial charge in [-0.2, -0.15) is 0 Å². The number of carbonyl (C=O) groups is 1. The molecule has 130 valence electrons. The molecule has 0 saturated heterocycles. The van der Waals surface area contributed by atoms with Crippen LogP contribution in [-0.4, -0.2) is 34.4 Å². The predicted molar refractivity (Wildman–Crippen MR) is 84.4 cm³/mol. The summed E-state index contributed by atoms with van der Waals surface area (Å²) in [5.74, 6) is 0.812. The Morgan fingerprint density at radius 3 is 2.57 bits per heavy atom. The van der Waals surface area contributed by atoms with E-state index in [1.807, 2.05) is 6.92 Å². The molecule has 3 nitrogen and oxygen atoms in total. The van der Waals surface area contributed by atoms with Crippen molar-refractivity contribution in [3.8, 4) is 0 Å². The van der Waals surface area contributed by atoms with Gasteiger partial charge >= 0.3 is 0 Å². The molecule has 0 aromatic rings. The molecule has 4 aliphatic carbocycles. The van der Waals surface area contributed by atoms with E-state index >= 15 is 0 Å². The largest absolute Gasteiger partial charge is 0.393 e. The van der Waals surface area contributed by atoms with Crippen LogP contribution in [0, 0.1) is 34.5 Å². The second kappa shape index (κ2) is 5.01. The molecule has 23 heavy (non-hydrogen) atoms. The van der Waals surface area contributed by atoms with Crippen molar-refractivity contribution in [3.63, 3.8) is 0 Å². The molecule has 4 rings (SSSR count). The van der Waals surface area contributed by atoms with Gasteiger partial charge in [0, 0.05) is 11.8 Å². The number of alkyl halides is 1. The van der Waals surface area contributed by atoms with Crippen LogP contribution in [0.5, 0.6) is 0 Å². The van der Waals surface area contributed by atoms with Gasteiger partial charge < -0.3 is 10.2 Å². The summed E-state index contributed by atoms with van der Waals surface area (Å²) in [6.45, 7) is 4.18. The first-order valence-electron chi connectivity index (χ1n) is 9.31. The van der Waals surface area contributed by atoms with Gasteiger partial charge in [-0.15, -0.1) is 0 Å². The van der Waals surface area contributed by atoms with Crippen LogP contribution in [0.15, 0.2) is 0 Å². The molecule has 2 N–H and O–H groups in total. The molecule has 0 aromatic carbocycles. The summed E-state index contributed by atoms with van der Waals surface area (Å²) in [5, 5.41) is 21.7. The van der Waals surface area contributed by atoms with Crippen LogP contribution < -0.4 is 0 Å². The van der Waals surface area contributed by atoms with E-state index in [1.54, 1.807) is 0 Å². The minimum atomic E-state index is -0.821. The van der Waals surface area contributed by atoms with E-state index in [-0.39, 0.29) is 34.9 Å². The third-order valence-corrected chi connectivity index (χ3v) is 8.26. The monoisotopic (exact) mass is 324 g/mol. The zero-order valence-corrected chi connectivity index (χ0v) is 14.2. The molecule has 0 spiro atoms. The van der Waals surface area contributed by atoms with E-state index in [9.17, 15) is 19.4 Å². The molecule has 0 unspecified atom stereocenters. The van der Waals surface area contributed by atoms with Gasteiger partial charge in [0.25, 0.3) is 0 Å². The lowest BCUT2D eigenvalue weighted by atomic mass is 9.44. The normalized spacial score (nSPS) is 59.2. The molecular weight excluding hydrogens is 295 g/mol. The second-order valence-electron chi connectivity index (χ2n) is 9.23. The molecule has 4 heteroatoms. The third kappa shape index (κ3) is 2.03. The van der Waals surface area contributed by atoms with Crippen LogP contribution in [0.1, 0.15) is 58.8 Å². The third-order valence-electron chi connectivity index (χ3n) is 8.26. The van der Waals surface area contributed by atoms with Gasteiger partial charge in [0.2, 0.25) is 0 Å². The van der Waals surface area contributed by atoms with Crippen molar-refractivity contribution in [2.24, 2.45) is 34.5 Å². The van der Waals surface area contributed by atoms with Crippen molar-refractivity contribution in [1.29, 1.82) is 0 Å². The Morgan fingerprint density at radius 2 is 1.83 bits per heavy atom. The first-order valence-corrected chi connectivity index (χ1v) is 9.31. The fraction of sp³-hybridized carbons (Fsp3) is 0.947. The molecule has 4 saturated carbocycles. The summed E-state index contributed by atoms with van der Waals surface area (Å²) in [6, 6.07) is 0. The van der Waals surface area contributed by atoms with Gasteiger partial charge in [-0.3, -0.25) is 4.79 Å². The van der Waals surface area contributed by atoms with Crippen LogP contribution in [0.3, 0.4) is 0 Å². The Balaban J connectivity index is 1.73. The second-order valence-corrected chi connectivity index (χ2v) is 9.23. The Labute approximate surface area is 137 Å². The summed E-state index contributed by atoms with van der Waals surface area (Å²) in [7, 11) is 0. The van der Waals surface area contributed by atoms with Gasteiger partial charge in [-0.25, -0.2) is 4.39 Å². The Morgan fingerprint density at radius 1 is 1.09 bits per heavy atom. The number of rotatable bonds is 0. The standard InChI is InChI=1S/C19H29FO3/c1-18-6-5-10(20)7-13(18)14(21)8-11-12-3-4-16(23)19(12,2)9-15(22)17(11)18/h10-15,17,21-22H,3-9H2,1-2H3/t10-,11-,12-,13+,14-,15+,17+,18-,19-/m0/s1. The quantitative estimate of drug-likeness (QED) is 0.720. The highest BCUT2D eigenvalue weighted by Crippen LogP contribution is 2.65. The van der Waals surface area contributed by atoms with Crippen molar-refractivity contribution < 1.29 is 19.4 Å². The SMILES string of the molecule is C[C@]12CC[C@H](F)C[C@@H]1[C@@H](O)C[C@@H]1[C@@H]2[C@H](O)C[C@]2(C)C(=O)CC[C@@H]12. The van der Waals surface area contributed by atoms with E-state index in [0.29, 0.717) is 32.1 Å². The smallest absolute Gasteiger partial charge is 0.139 e. The number of carbonyl (C=O) groups excluding carboxylic acids is 1.